The minimum absolute atomic E-state index is 0.186. The molecule has 0 saturated heterocycles. The Morgan fingerprint density at radius 2 is 2.00 bits per heavy atom. The maximum atomic E-state index is 10.6. The summed E-state index contributed by atoms with van der Waals surface area (Å²) in [5.74, 6) is -0.457. The molecule has 0 aliphatic heterocycles. The number of aliphatic hydroxyl groups excluding tert-OH is 3. The van der Waals surface area contributed by atoms with Crippen LogP contribution in [0.25, 0.3) is 0 Å². The summed E-state index contributed by atoms with van der Waals surface area (Å²) in [4.78, 5) is 10.6. The van der Waals surface area contributed by atoms with E-state index in [1.54, 1.807) is 0 Å². The van der Waals surface area contributed by atoms with E-state index in [2.05, 4.69) is 0 Å². The highest BCUT2D eigenvalue weighted by atomic mass is 16.3. The average Bonchev–Trinajstić information content (AvgIpc) is 1.87. The Kier molecular flexibility index (Phi) is 4.18. The van der Waals surface area contributed by atoms with Crippen molar-refractivity contribution in [1.29, 1.82) is 0 Å². The van der Waals surface area contributed by atoms with Gasteiger partial charge in [0.05, 0.1) is 12.7 Å². The van der Waals surface area contributed by atoms with E-state index in [-0.39, 0.29) is 6.42 Å². The standard InChI is InChI=1S/C6H12O4/c1-4(8)6(10)2-5(9)3-7/h4-5,7-9H,2-3H2,1H3. The Labute approximate surface area is 59.1 Å². The predicted molar refractivity (Wildman–Crippen MR) is 34.4 cm³/mol. The fraction of sp³-hybridized carbons (Fsp3) is 0.833. The molecule has 0 rings (SSSR count). The molecule has 0 bridgehead atoms. The van der Waals surface area contributed by atoms with Gasteiger partial charge in [-0.1, -0.05) is 0 Å². The lowest BCUT2D eigenvalue weighted by molar-refractivity contribution is -0.128. The number of hydrogen-bond acceptors (Lipinski definition) is 4. The van der Waals surface area contributed by atoms with Gasteiger partial charge in [0.15, 0.2) is 5.78 Å². The summed E-state index contributed by atoms with van der Waals surface area (Å²) < 4.78 is 0. The highest BCUT2D eigenvalue weighted by molar-refractivity contribution is 5.82. The minimum Gasteiger partial charge on any atom is -0.394 e. The molecule has 0 amide bonds. The van der Waals surface area contributed by atoms with Crippen molar-refractivity contribution in [2.45, 2.75) is 25.6 Å². The second-order valence-corrected chi connectivity index (χ2v) is 2.18. The molecule has 2 atom stereocenters. The summed E-state index contributed by atoms with van der Waals surface area (Å²) in [6, 6.07) is 0. The zero-order chi connectivity index (χ0) is 8.15. The lowest BCUT2D eigenvalue weighted by Crippen LogP contribution is -2.24. The summed E-state index contributed by atoms with van der Waals surface area (Å²) in [7, 11) is 0. The van der Waals surface area contributed by atoms with Gasteiger partial charge >= 0.3 is 0 Å². The van der Waals surface area contributed by atoms with Crippen LogP contribution in [0.2, 0.25) is 0 Å². The van der Waals surface area contributed by atoms with Gasteiger partial charge in [-0.05, 0) is 6.92 Å². The first-order valence-corrected chi connectivity index (χ1v) is 3.07. The number of Topliss-reactive ketones (excluding diaryl/α,β-unsaturated/α-hetero) is 1. The monoisotopic (exact) mass is 148 g/mol. The van der Waals surface area contributed by atoms with E-state index >= 15 is 0 Å². The normalized spacial score (nSPS) is 16.4. The SMILES string of the molecule is CC(O)C(=O)CC(O)CO. The number of carbonyl (C=O) groups excluding carboxylic acids is 1. The first-order chi connectivity index (χ1) is 4.57. The highest BCUT2D eigenvalue weighted by Crippen LogP contribution is 1.95. The van der Waals surface area contributed by atoms with E-state index in [1.165, 1.54) is 6.92 Å². The Morgan fingerprint density at radius 1 is 1.50 bits per heavy atom. The second-order valence-electron chi connectivity index (χ2n) is 2.18. The van der Waals surface area contributed by atoms with Crippen LogP contribution in [-0.2, 0) is 4.79 Å². The van der Waals surface area contributed by atoms with Crippen molar-refractivity contribution in [2.24, 2.45) is 0 Å². The van der Waals surface area contributed by atoms with Gasteiger partial charge in [-0.2, -0.15) is 0 Å². The molecule has 0 aliphatic rings. The first-order valence-electron chi connectivity index (χ1n) is 3.07. The van der Waals surface area contributed by atoms with Gasteiger partial charge in [0, 0.05) is 6.42 Å². The predicted octanol–water partition coefficient (Wildman–Crippen LogP) is -1.32. The fourth-order valence-corrected chi connectivity index (χ4v) is 0.467. The van der Waals surface area contributed by atoms with E-state index in [9.17, 15) is 4.79 Å². The topological polar surface area (TPSA) is 77.8 Å². The van der Waals surface area contributed by atoms with Crippen LogP contribution in [0.15, 0.2) is 0 Å². The smallest absolute Gasteiger partial charge is 0.163 e. The molecule has 60 valence electrons. The molecule has 0 fully saturated rings. The van der Waals surface area contributed by atoms with Crippen LogP contribution >= 0.6 is 0 Å². The first kappa shape index (κ1) is 9.55. The van der Waals surface area contributed by atoms with Gasteiger partial charge in [-0.25, -0.2) is 0 Å². The van der Waals surface area contributed by atoms with Crippen LogP contribution in [0.1, 0.15) is 13.3 Å². The summed E-state index contributed by atoms with van der Waals surface area (Å²) in [5, 5.41) is 25.6. The third-order valence-corrected chi connectivity index (χ3v) is 1.11. The van der Waals surface area contributed by atoms with E-state index in [4.69, 9.17) is 15.3 Å². The van der Waals surface area contributed by atoms with Gasteiger partial charge in [-0.3, -0.25) is 4.79 Å². The van der Waals surface area contributed by atoms with Crippen molar-refractivity contribution in [1.82, 2.24) is 0 Å². The minimum atomic E-state index is -1.05. The average molecular weight is 148 g/mol. The molecule has 0 aromatic rings. The Hall–Kier alpha value is -0.450. The van der Waals surface area contributed by atoms with Crippen LogP contribution in [0, 0.1) is 0 Å². The largest absolute Gasteiger partial charge is 0.394 e. The van der Waals surface area contributed by atoms with E-state index in [0.29, 0.717) is 0 Å². The van der Waals surface area contributed by atoms with Gasteiger partial charge in [0.1, 0.15) is 6.10 Å². The Morgan fingerprint density at radius 3 is 2.30 bits per heavy atom. The Bertz CT molecular complexity index is 110. The number of rotatable bonds is 4. The molecular formula is C6H12O4. The molecule has 0 saturated carbocycles. The van der Waals surface area contributed by atoms with E-state index < -0.39 is 24.6 Å². The maximum Gasteiger partial charge on any atom is 0.163 e. The molecule has 0 radical (unpaired) electrons. The molecule has 4 heteroatoms. The zero-order valence-electron chi connectivity index (χ0n) is 5.82. The number of carbonyl (C=O) groups is 1. The lowest BCUT2D eigenvalue weighted by atomic mass is 10.1. The summed E-state index contributed by atoms with van der Waals surface area (Å²) in [5.41, 5.74) is 0. The molecule has 0 aromatic heterocycles. The number of ketones is 1. The second kappa shape index (κ2) is 4.38. The van der Waals surface area contributed by atoms with Gasteiger partial charge < -0.3 is 15.3 Å². The maximum absolute atomic E-state index is 10.6. The van der Waals surface area contributed by atoms with Crippen molar-refractivity contribution < 1.29 is 20.1 Å². The third-order valence-electron chi connectivity index (χ3n) is 1.11. The van der Waals surface area contributed by atoms with Crippen molar-refractivity contribution in [3.8, 4) is 0 Å². The van der Waals surface area contributed by atoms with Crippen LogP contribution in [0.5, 0.6) is 0 Å². The zero-order valence-corrected chi connectivity index (χ0v) is 5.82. The van der Waals surface area contributed by atoms with Crippen molar-refractivity contribution >= 4 is 5.78 Å². The highest BCUT2D eigenvalue weighted by Gasteiger charge is 2.13. The molecule has 10 heavy (non-hydrogen) atoms. The van der Waals surface area contributed by atoms with Gasteiger partial charge in [0.25, 0.3) is 0 Å². The molecule has 0 aromatic carbocycles. The molecule has 3 N–H and O–H groups in total. The lowest BCUT2D eigenvalue weighted by Gasteiger charge is -2.06. The molecule has 2 unspecified atom stereocenters. The van der Waals surface area contributed by atoms with Crippen LogP contribution in [0.4, 0.5) is 0 Å². The third kappa shape index (κ3) is 3.55. The Balaban J connectivity index is 3.57. The molecule has 0 heterocycles. The molecule has 0 aliphatic carbocycles. The number of hydrogen-bond donors (Lipinski definition) is 3. The van der Waals surface area contributed by atoms with E-state index in [1.807, 2.05) is 0 Å². The van der Waals surface area contributed by atoms with Crippen molar-refractivity contribution in [3.05, 3.63) is 0 Å². The molecule has 4 nitrogen and oxygen atoms in total. The summed E-state index contributed by atoms with van der Waals surface area (Å²) in [6.07, 6.45) is -2.28. The van der Waals surface area contributed by atoms with Gasteiger partial charge in [0.2, 0.25) is 0 Å². The van der Waals surface area contributed by atoms with Gasteiger partial charge in [-0.15, -0.1) is 0 Å². The van der Waals surface area contributed by atoms with Crippen molar-refractivity contribution in [2.75, 3.05) is 6.61 Å². The van der Waals surface area contributed by atoms with Crippen LogP contribution < -0.4 is 0 Å². The summed E-state index contributed by atoms with van der Waals surface area (Å²) in [6.45, 7) is 0.880. The van der Waals surface area contributed by atoms with E-state index in [0.717, 1.165) is 0 Å². The van der Waals surface area contributed by atoms with Crippen LogP contribution in [0.3, 0.4) is 0 Å². The number of aliphatic hydroxyl groups is 3. The van der Waals surface area contributed by atoms with Crippen molar-refractivity contribution in [3.63, 3.8) is 0 Å². The summed E-state index contributed by atoms with van der Waals surface area (Å²) >= 11 is 0. The molecule has 0 spiro atoms. The quantitative estimate of drug-likeness (QED) is 0.462. The van der Waals surface area contributed by atoms with Crippen LogP contribution in [-0.4, -0.2) is 39.9 Å². The molecular weight excluding hydrogens is 136 g/mol. The fourth-order valence-electron chi connectivity index (χ4n) is 0.467.